The van der Waals surface area contributed by atoms with Crippen LogP contribution >= 0.6 is 0 Å². The van der Waals surface area contributed by atoms with Crippen LogP contribution in [0.4, 0.5) is 4.79 Å². The van der Waals surface area contributed by atoms with E-state index in [0.717, 1.165) is 9.87 Å². The SMILES string of the molecule is C=N/C(C(=O)NNC(=O)c1ccc(CNC(=O)OC(C)(C)C)cc1)=C(/N)N(C)S(=O)(=O)C(C)C. The molecule has 0 saturated heterocycles. The summed E-state index contributed by atoms with van der Waals surface area (Å²) in [5, 5.41) is 1.82. The van der Waals surface area contributed by atoms with Crippen molar-refractivity contribution in [2.45, 2.75) is 52.0 Å². The number of carbonyl (C=O) groups is 3. The van der Waals surface area contributed by atoms with Crippen LogP contribution in [0.3, 0.4) is 0 Å². The summed E-state index contributed by atoms with van der Waals surface area (Å²) in [5.41, 5.74) is 9.94. The van der Waals surface area contributed by atoms with Gasteiger partial charge in [-0.1, -0.05) is 12.1 Å². The first-order valence-corrected chi connectivity index (χ1v) is 11.7. The number of nitrogens with two attached hydrogens (primary N) is 1. The lowest BCUT2D eigenvalue weighted by Crippen LogP contribution is -2.44. The van der Waals surface area contributed by atoms with Gasteiger partial charge in [-0.25, -0.2) is 13.2 Å². The molecule has 1 aromatic carbocycles. The number of hydrogen-bond acceptors (Lipinski definition) is 8. The third-order valence-electron chi connectivity index (χ3n) is 4.27. The van der Waals surface area contributed by atoms with Gasteiger partial charge in [0.2, 0.25) is 10.0 Å². The number of rotatable bonds is 8. The van der Waals surface area contributed by atoms with E-state index in [1.54, 1.807) is 32.9 Å². The van der Waals surface area contributed by atoms with Gasteiger partial charge < -0.3 is 15.8 Å². The molecule has 0 fully saturated rings. The smallest absolute Gasteiger partial charge is 0.407 e. The Bertz CT molecular complexity index is 1060. The third kappa shape index (κ3) is 8.06. The fraction of sp³-hybridized carbons (Fsp3) is 0.429. The number of carbonyl (C=O) groups excluding carboxylic acids is 3. The molecule has 1 rings (SSSR count). The van der Waals surface area contributed by atoms with Gasteiger partial charge in [-0.2, -0.15) is 0 Å². The molecular formula is C21H32N6O6S. The van der Waals surface area contributed by atoms with E-state index in [1.807, 2.05) is 0 Å². The lowest BCUT2D eigenvalue weighted by Gasteiger charge is -2.22. The molecule has 0 aliphatic heterocycles. The van der Waals surface area contributed by atoms with Crippen molar-refractivity contribution in [1.82, 2.24) is 20.5 Å². The van der Waals surface area contributed by atoms with E-state index in [9.17, 15) is 22.8 Å². The highest BCUT2D eigenvalue weighted by atomic mass is 32.2. The fourth-order valence-electron chi connectivity index (χ4n) is 2.38. The molecule has 0 atom stereocenters. The molecule has 0 unspecified atom stereocenters. The first-order valence-electron chi connectivity index (χ1n) is 10.2. The van der Waals surface area contributed by atoms with E-state index in [4.69, 9.17) is 10.5 Å². The lowest BCUT2D eigenvalue weighted by atomic mass is 10.1. The first-order chi connectivity index (χ1) is 15.6. The molecule has 188 valence electrons. The summed E-state index contributed by atoms with van der Waals surface area (Å²) in [6.07, 6.45) is -0.567. The number of amides is 3. The number of sulfonamides is 1. The Balaban J connectivity index is 2.77. The number of nitrogens with zero attached hydrogens (tertiary/aromatic N) is 2. The Hall–Kier alpha value is -3.61. The Labute approximate surface area is 199 Å². The maximum absolute atomic E-state index is 12.4. The summed E-state index contributed by atoms with van der Waals surface area (Å²) in [6.45, 7) is 11.6. The number of hydrogen-bond donors (Lipinski definition) is 4. The van der Waals surface area contributed by atoms with Gasteiger partial charge in [-0.15, -0.1) is 0 Å². The van der Waals surface area contributed by atoms with Crippen LogP contribution in [-0.4, -0.2) is 55.2 Å². The molecule has 12 nitrogen and oxygen atoms in total. The highest BCUT2D eigenvalue weighted by Crippen LogP contribution is 2.14. The Morgan fingerprint density at radius 3 is 2.18 bits per heavy atom. The molecule has 0 aliphatic rings. The molecule has 3 amide bonds. The van der Waals surface area contributed by atoms with Crippen molar-refractivity contribution in [3.05, 3.63) is 46.9 Å². The van der Waals surface area contributed by atoms with E-state index in [2.05, 4.69) is 27.9 Å². The normalized spacial score (nSPS) is 12.3. The number of hydrazine groups is 1. The summed E-state index contributed by atoms with van der Waals surface area (Å²) in [6, 6.07) is 6.23. The second-order valence-electron chi connectivity index (χ2n) is 8.41. The Morgan fingerprint density at radius 1 is 1.15 bits per heavy atom. The minimum absolute atomic E-state index is 0.193. The highest BCUT2D eigenvalue weighted by molar-refractivity contribution is 7.89. The molecule has 13 heteroatoms. The highest BCUT2D eigenvalue weighted by Gasteiger charge is 2.27. The van der Waals surface area contributed by atoms with Gasteiger partial charge in [0.1, 0.15) is 11.4 Å². The molecule has 0 saturated carbocycles. The van der Waals surface area contributed by atoms with Crippen LogP contribution in [0.1, 0.15) is 50.5 Å². The van der Waals surface area contributed by atoms with E-state index in [0.29, 0.717) is 0 Å². The molecule has 1 aromatic rings. The second kappa shape index (κ2) is 11.5. The predicted octanol–water partition coefficient (Wildman–Crippen LogP) is 0.971. The Morgan fingerprint density at radius 2 is 1.71 bits per heavy atom. The minimum Gasteiger partial charge on any atom is -0.444 e. The topological polar surface area (TPSA) is 172 Å². The quantitative estimate of drug-likeness (QED) is 0.236. The van der Waals surface area contributed by atoms with E-state index in [-0.39, 0.29) is 12.1 Å². The van der Waals surface area contributed by atoms with Crippen LogP contribution in [0, 0.1) is 0 Å². The van der Waals surface area contributed by atoms with Gasteiger partial charge in [-0.3, -0.25) is 29.7 Å². The van der Waals surface area contributed by atoms with Crippen LogP contribution in [0.2, 0.25) is 0 Å². The molecule has 0 bridgehead atoms. The zero-order chi connectivity index (χ0) is 26.3. The largest absolute Gasteiger partial charge is 0.444 e. The van der Waals surface area contributed by atoms with Gasteiger partial charge in [0, 0.05) is 19.2 Å². The Kier molecular flexibility index (Phi) is 9.61. The summed E-state index contributed by atoms with van der Waals surface area (Å²) in [5.74, 6) is -2.05. The number of nitrogens with one attached hydrogen (secondary N) is 3. The number of ether oxygens (including phenoxy) is 1. The molecular weight excluding hydrogens is 464 g/mol. The van der Waals surface area contributed by atoms with Gasteiger partial charge in [0.15, 0.2) is 5.70 Å². The fourth-order valence-corrected chi connectivity index (χ4v) is 3.37. The average Bonchev–Trinajstić information content (AvgIpc) is 2.74. The summed E-state index contributed by atoms with van der Waals surface area (Å²) >= 11 is 0. The van der Waals surface area contributed by atoms with Crippen LogP contribution in [-0.2, 0) is 26.1 Å². The maximum Gasteiger partial charge on any atom is 0.407 e. The van der Waals surface area contributed by atoms with Gasteiger partial charge in [0.05, 0.1) is 5.25 Å². The molecule has 5 N–H and O–H groups in total. The molecule has 0 aliphatic carbocycles. The van der Waals surface area contributed by atoms with Gasteiger partial charge in [0.25, 0.3) is 11.8 Å². The van der Waals surface area contributed by atoms with E-state index >= 15 is 0 Å². The van der Waals surface area contributed by atoms with Crippen molar-refractivity contribution in [1.29, 1.82) is 0 Å². The molecule has 0 aromatic heterocycles. The monoisotopic (exact) mass is 496 g/mol. The maximum atomic E-state index is 12.4. The molecule has 0 heterocycles. The molecule has 34 heavy (non-hydrogen) atoms. The van der Waals surface area contributed by atoms with Crippen molar-refractivity contribution in [2.24, 2.45) is 10.7 Å². The van der Waals surface area contributed by atoms with Crippen molar-refractivity contribution < 1.29 is 27.5 Å². The standard InChI is InChI=1S/C21H32N6O6S/c1-13(2)34(31,32)27(7)17(22)16(23-6)19(29)26-25-18(28)15-10-8-14(9-11-15)12-24-20(30)33-21(3,4)5/h8-11,13H,6,12,22H2,1-5,7H3,(H,24,30)(H,25,28)(H,26,29)/b17-16-. The van der Waals surface area contributed by atoms with Crippen molar-refractivity contribution in [3.63, 3.8) is 0 Å². The molecule has 0 radical (unpaired) electrons. The third-order valence-corrected chi connectivity index (χ3v) is 6.43. The zero-order valence-electron chi connectivity index (χ0n) is 20.1. The second-order valence-corrected chi connectivity index (χ2v) is 10.9. The lowest BCUT2D eigenvalue weighted by molar-refractivity contribution is -0.118. The number of benzene rings is 1. The van der Waals surface area contributed by atoms with Crippen LogP contribution in [0.5, 0.6) is 0 Å². The van der Waals surface area contributed by atoms with E-state index < -0.39 is 50.3 Å². The number of aliphatic imine (C=N–C) groups is 1. The predicted molar refractivity (Wildman–Crippen MR) is 128 cm³/mol. The van der Waals surface area contributed by atoms with Crippen molar-refractivity contribution in [3.8, 4) is 0 Å². The first kappa shape index (κ1) is 28.4. The zero-order valence-corrected chi connectivity index (χ0v) is 20.9. The van der Waals surface area contributed by atoms with Crippen LogP contribution in [0.25, 0.3) is 0 Å². The molecule has 0 spiro atoms. The minimum atomic E-state index is -3.80. The van der Waals surface area contributed by atoms with Crippen molar-refractivity contribution in [2.75, 3.05) is 7.05 Å². The van der Waals surface area contributed by atoms with Gasteiger partial charge >= 0.3 is 6.09 Å². The van der Waals surface area contributed by atoms with Crippen LogP contribution in [0.15, 0.2) is 40.8 Å². The number of alkyl carbamates (subject to hydrolysis) is 1. The van der Waals surface area contributed by atoms with Crippen LogP contribution < -0.4 is 21.9 Å². The van der Waals surface area contributed by atoms with Gasteiger partial charge in [-0.05, 0) is 59.0 Å². The summed E-state index contributed by atoms with van der Waals surface area (Å²) < 4.78 is 30.4. The summed E-state index contributed by atoms with van der Waals surface area (Å²) in [4.78, 5) is 39.9. The average molecular weight is 497 g/mol. The van der Waals surface area contributed by atoms with Crippen molar-refractivity contribution >= 4 is 34.6 Å². The van der Waals surface area contributed by atoms with E-state index in [1.165, 1.54) is 33.0 Å². The summed E-state index contributed by atoms with van der Waals surface area (Å²) in [7, 11) is -2.62.